The number of carbonyl (C=O) groups excluding carboxylic acids is 1. The molecule has 0 unspecified atom stereocenters. The van der Waals surface area contributed by atoms with Crippen LogP contribution in [0.25, 0.3) is 10.8 Å². The molecule has 0 radical (unpaired) electrons. The lowest BCUT2D eigenvalue weighted by molar-refractivity contribution is -0.126. The third-order valence-corrected chi connectivity index (χ3v) is 8.96. The number of anilines is 2. The summed E-state index contributed by atoms with van der Waals surface area (Å²) in [5.41, 5.74) is 3.92. The van der Waals surface area contributed by atoms with Crippen LogP contribution in [0.3, 0.4) is 0 Å². The molecule has 0 N–H and O–H groups in total. The van der Waals surface area contributed by atoms with Gasteiger partial charge in [-0.1, -0.05) is 43.0 Å². The number of benzene rings is 2. The number of methoxy groups -OCH3 is 1. The lowest BCUT2D eigenvalue weighted by Crippen LogP contribution is -2.49. The van der Waals surface area contributed by atoms with E-state index in [1.807, 2.05) is 4.90 Å². The maximum absolute atomic E-state index is 11.9. The minimum Gasteiger partial charge on any atom is -0.467 e. The van der Waals surface area contributed by atoms with Gasteiger partial charge in [-0.15, -0.1) is 0 Å². The second-order valence-corrected chi connectivity index (χ2v) is 11.6. The first-order chi connectivity index (χ1) is 21.4. The van der Waals surface area contributed by atoms with E-state index in [2.05, 4.69) is 70.8 Å². The second-order valence-electron chi connectivity index (χ2n) is 11.6. The monoisotopic (exact) mass is 597 g/mol. The second kappa shape index (κ2) is 14.1. The molecule has 2 saturated heterocycles. The Kier molecular flexibility index (Phi) is 9.98. The summed E-state index contributed by atoms with van der Waals surface area (Å²) in [5.74, 6) is 0.924. The van der Waals surface area contributed by atoms with E-state index in [1.165, 1.54) is 47.9 Å². The number of hydrogen-bond donors (Lipinski definition) is 0. The van der Waals surface area contributed by atoms with Gasteiger partial charge in [-0.25, -0.2) is 0 Å². The van der Waals surface area contributed by atoms with Crippen molar-refractivity contribution in [2.24, 2.45) is 0 Å². The van der Waals surface area contributed by atoms with Crippen molar-refractivity contribution >= 4 is 28.2 Å². The third-order valence-electron chi connectivity index (χ3n) is 8.96. The molecule has 2 aromatic carbocycles. The van der Waals surface area contributed by atoms with E-state index in [-0.39, 0.29) is 5.91 Å². The highest BCUT2D eigenvalue weighted by Gasteiger charge is 2.48. The Labute approximate surface area is 260 Å². The molecule has 0 bridgehead atoms. The van der Waals surface area contributed by atoms with Gasteiger partial charge >= 0.3 is 6.01 Å². The van der Waals surface area contributed by atoms with Gasteiger partial charge in [0.05, 0.1) is 38.6 Å². The predicted octanol–water partition coefficient (Wildman–Crippen LogP) is 4.05. The molecule has 1 aliphatic carbocycles. The van der Waals surface area contributed by atoms with Crippen molar-refractivity contribution in [1.29, 1.82) is 5.26 Å². The van der Waals surface area contributed by atoms with Gasteiger partial charge in [0.15, 0.2) is 0 Å². The molecule has 44 heavy (non-hydrogen) atoms. The molecule has 1 aromatic heterocycles. The van der Waals surface area contributed by atoms with Crippen LogP contribution in [0.15, 0.2) is 55.1 Å². The zero-order chi connectivity index (χ0) is 31.1. The fourth-order valence-corrected chi connectivity index (χ4v) is 6.18. The maximum Gasteiger partial charge on any atom is 0.318 e. The van der Waals surface area contributed by atoms with E-state index in [0.29, 0.717) is 31.2 Å². The first-order valence-electron chi connectivity index (χ1n) is 15.4. The van der Waals surface area contributed by atoms with E-state index in [0.717, 1.165) is 57.3 Å². The summed E-state index contributed by atoms with van der Waals surface area (Å²) >= 11 is 0. The van der Waals surface area contributed by atoms with Crippen molar-refractivity contribution in [2.45, 2.75) is 38.3 Å². The number of nitriles is 1. The van der Waals surface area contributed by atoms with Crippen molar-refractivity contribution < 1.29 is 14.3 Å². The number of fused-ring (bicyclic) bond motifs is 2. The van der Waals surface area contributed by atoms with E-state index < -0.39 is 0 Å². The number of morpholine rings is 1. The molecule has 1 saturated carbocycles. The number of rotatable bonds is 4. The molecule has 1 spiro atoms. The molecule has 4 aliphatic rings. The first-order valence-corrected chi connectivity index (χ1v) is 15.4. The fraction of sp³-hybridized carbons (Fsp3) is 0.471. The van der Waals surface area contributed by atoms with Crippen LogP contribution < -0.4 is 14.5 Å². The molecule has 0 atom stereocenters. The Morgan fingerprint density at radius 3 is 2.43 bits per heavy atom. The summed E-state index contributed by atoms with van der Waals surface area (Å²) in [5, 5.41) is 9.81. The van der Waals surface area contributed by atoms with Crippen LogP contribution in [0.2, 0.25) is 0 Å². The van der Waals surface area contributed by atoms with Gasteiger partial charge in [0.1, 0.15) is 5.82 Å². The Morgan fingerprint density at radius 2 is 1.77 bits per heavy atom. The average molecular weight is 598 g/mol. The van der Waals surface area contributed by atoms with E-state index in [4.69, 9.17) is 24.7 Å². The first kappa shape index (κ1) is 31.2. The van der Waals surface area contributed by atoms with Gasteiger partial charge in [-0.3, -0.25) is 9.69 Å². The highest BCUT2D eigenvalue weighted by atomic mass is 16.5. The van der Waals surface area contributed by atoms with Gasteiger partial charge in [-0.2, -0.15) is 15.2 Å². The third kappa shape index (κ3) is 6.79. The molecule has 3 fully saturated rings. The number of aromatic nitrogens is 2. The topological polar surface area (TPSA) is 98.1 Å². The quantitative estimate of drug-likeness (QED) is 0.413. The van der Waals surface area contributed by atoms with Crippen LogP contribution in [0.1, 0.15) is 31.0 Å². The SMILES string of the molecule is C=CC(=O)N1CCN(c2nc(OC)nc3c2CCN(c2cccc4ccccc24)C3)CC1.CC#N.CN1CCOCC12CC2. The standard InChI is InChI=1S/C25H27N5O2.C7H13NO.C2H3N/c1-3-23(31)28-13-15-29(16-14-28)24-20-11-12-30(17-21(20)26-25(27-24)32-2)22-10-6-8-18-7-4-5-9-19(18)22;1-8-4-5-9-6-7(8)2-3-7;1-2-3/h3-10H,1,11-17H2,2H3;2-6H2,1H3;1H3. The van der Waals surface area contributed by atoms with Crippen LogP contribution in [0, 0.1) is 11.3 Å². The van der Waals surface area contributed by atoms with Gasteiger partial charge in [-0.05, 0) is 43.8 Å². The van der Waals surface area contributed by atoms with E-state index in [1.54, 1.807) is 13.2 Å². The fourth-order valence-electron chi connectivity index (χ4n) is 6.18. The molecule has 3 aliphatic heterocycles. The summed E-state index contributed by atoms with van der Waals surface area (Å²) < 4.78 is 10.8. The van der Waals surface area contributed by atoms with E-state index >= 15 is 0 Å². The van der Waals surface area contributed by atoms with Crippen molar-refractivity contribution in [2.75, 3.05) is 76.4 Å². The summed E-state index contributed by atoms with van der Waals surface area (Å²) in [6.07, 6.45) is 4.95. The number of carbonyl (C=O) groups is 1. The molecular weight excluding hydrogens is 554 g/mol. The van der Waals surface area contributed by atoms with Gasteiger partial charge in [0.25, 0.3) is 0 Å². The largest absolute Gasteiger partial charge is 0.467 e. The van der Waals surface area contributed by atoms with Crippen LogP contribution >= 0.6 is 0 Å². The highest BCUT2D eigenvalue weighted by Crippen LogP contribution is 2.42. The van der Waals surface area contributed by atoms with Crippen LogP contribution in [0.4, 0.5) is 11.5 Å². The lowest BCUT2D eigenvalue weighted by atomic mass is 10.0. The molecule has 1 amide bonds. The lowest BCUT2D eigenvalue weighted by Gasteiger charge is -2.38. The van der Waals surface area contributed by atoms with Crippen molar-refractivity contribution in [1.82, 2.24) is 19.8 Å². The van der Waals surface area contributed by atoms with Crippen molar-refractivity contribution in [3.8, 4) is 12.1 Å². The van der Waals surface area contributed by atoms with Gasteiger partial charge in [0.2, 0.25) is 5.91 Å². The smallest absolute Gasteiger partial charge is 0.318 e. The predicted molar refractivity (Wildman–Crippen MR) is 173 cm³/mol. The Balaban J connectivity index is 0.000000267. The Hall–Kier alpha value is -4.20. The van der Waals surface area contributed by atoms with Crippen LogP contribution in [-0.2, 0) is 22.5 Å². The van der Waals surface area contributed by atoms with Gasteiger partial charge < -0.3 is 24.2 Å². The molecule has 7 rings (SSSR count). The van der Waals surface area contributed by atoms with Crippen LogP contribution in [-0.4, -0.2) is 97.9 Å². The minimum atomic E-state index is -0.0160. The molecule has 10 nitrogen and oxygen atoms in total. The zero-order valence-electron chi connectivity index (χ0n) is 26.2. The minimum absolute atomic E-state index is 0.0160. The zero-order valence-corrected chi connectivity index (χ0v) is 26.2. The Morgan fingerprint density at radius 1 is 1.05 bits per heavy atom. The number of nitrogens with zero attached hydrogens (tertiary/aromatic N) is 7. The number of hydrogen-bond acceptors (Lipinski definition) is 9. The number of piperazine rings is 1. The van der Waals surface area contributed by atoms with E-state index in [9.17, 15) is 4.79 Å². The Bertz CT molecular complexity index is 1500. The van der Waals surface area contributed by atoms with Gasteiger partial charge in [0, 0.05) is 68.4 Å². The number of likely N-dealkylation sites (N-methyl/N-ethyl adjacent to an activating group) is 1. The summed E-state index contributed by atoms with van der Waals surface area (Å²) in [4.78, 5) is 30.3. The van der Waals surface area contributed by atoms with Crippen molar-refractivity contribution in [3.05, 3.63) is 66.4 Å². The maximum atomic E-state index is 11.9. The molecule has 10 heteroatoms. The summed E-state index contributed by atoms with van der Waals surface area (Å²) in [6.45, 7) is 12.5. The summed E-state index contributed by atoms with van der Waals surface area (Å²) in [7, 11) is 3.81. The normalized spacial score (nSPS) is 18.6. The average Bonchev–Trinajstić information content (AvgIpc) is 3.85. The molecule has 3 aromatic rings. The molecular formula is C34H43N7O3. The summed E-state index contributed by atoms with van der Waals surface area (Å²) in [6, 6.07) is 17.1. The number of amides is 1. The molecule has 232 valence electrons. The highest BCUT2D eigenvalue weighted by molar-refractivity contribution is 5.94. The number of ether oxygens (including phenoxy) is 2. The van der Waals surface area contributed by atoms with Crippen LogP contribution in [0.5, 0.6) is 6.01 Å². The molecule has 4 heterocycles. The van der Waals surface area contributed by atoms with Crippen molar-refractivity contribution in [3.63, 3.8) is 0 Å².